The lowest BCUT2D eigenvalue weighted by Gasteiger charge is -2.12. The summed E-state index contributed by atoms with van der Waals surface area (Å²) in [6.45, 7) is 2.44. The number of phenols is 1. The van der Waals surface area contributed by atoms with Gasteiger partial charge in [0.05, 0.1) is 10.6 Å². The average molecular weight is 257 g/mol. The summed E-state index contributed by atoms with van der Waals surface area (Å²) in [5.74, 6) is -0.310. The molecule has 1 aromatic rings. The van der Waals surface area contributed by atoms with Gasteiger partial charge in [-0.05, 0) is 24.6 Å². The molecule has 0 spiro atoms. The van der Waals surface area contributed by atoms with Crippen molar-refractivity contribution in [1.82, 2.24) is 5.32 Å². The fraction of sp³-hybridized carbons (Fsp3) is 0.417. The molecule has 0 aliphatic carbocycles. The van der Waals surface area contributed by atoms with E-state index < -0.39 is 0 Å². The van der Waals surface area contributed by atoms with Gasteiger partial charge in [-0.2, -0.15) is 0 Å². The molecule has 0 heterocycles. The molecule has 0 bridgehead atoms. The van der Waals surface area contributed by atoms with Crippen molar-refractivity contribution in [2.75, 3.05) is 6.54 Å². The third-order valence-electron chi connectivity index (χ3n) is 2.38. The number of rotatable bonds is 5. The van der Waals surface area contributed by atoms with Crippen molar-refractivity contribution in [3.8, 4) is 5.75 Å². The maximum atomic E-state index is 11.8. The van der Waals surface area contributed by atoms with Crippen molar-refractivity contribution in [2.24, 2.45) is 5.73 Å². The Kier molecular flexibility index (Phi) is 5.25. The minimum absolute atomic E-state index is 0.0115. The molecule has 17 heavy (non-hydrogen) atoms. The molecule has 1 amide bonds. The number of carbonyl (C=O) groups is 1. The van der Waals surface area contributed by atoms with Crippen molar-refractivity contribution in [1.29, 1.82) is 0 Å². The van der Waals surface area contributed by atoms with E-state index in [1.165, 1.54) is 18.2 Å². The number of amides is 1. The zero-order valence-corrected chi connectivity index (χ0v) is 10.5. The Morgan fingerprint density at radius 2 is 2.29 bits per heavy atom. The monoisotopic (exact) mass is 256 g/mol. The zero-order valence-electron chi connectivity index (χ0n) is 9.74. The van der Waals surface area contributed by atoms with Gasteiger partial charge in [0, 0.05) is 12.6 Å². The zero-order chi connectivity index (χ0) is 12.8. The van der Waals surface area contributed by atoms with Crippen LogP contribution in [0.15, 0.2) is 18.2 Å². The van der Waals surface area contributed by atoms with Gasteiger partial charge in [0.15, 0.2) is 0 Å². The first-order valence-corrected chi connectivity index (χ1v) is 5.94. The largest absolute Gasteiger partial charge is 0.508 e. The van der Waals surface area contributed by atoms with E-state index in [0.29, 0.717) is 11.6 Å². The van der Waals surface area contributed by atoms with Gasteiger partial charge >= 0.3 is 0 Å². The van der Waals surface area contributed by atoms with Crippen LogP contribution in [-0.2, 0) is 0 Å². The van der Waals surface area contributed by atoms with Crippen LogP contribution in [0.25, 0.3) is 0 Å². The number of nitrogens with one attached hydrogen (secondary N) is 1. The van der Waals surface area contributed by atoms with Crippen LogP contribution in [0.1, 0.15) is 30.1 Å². The minimum atomic E-state index is -0.322. The van der Waals surface area contributed by atoms with Crippen LogP contribution < -0.4 is 11.1 Å². The van der Waals surface area contributed by atoms with Crippen molar-refractivity contribution in [3.05, 3.63) is 28.8 Å². The molecular formula is C12H17ClN2O2. The lowest BCUT2D eigenvalue weighted by molar-refractivity contribution is 0.0950. The first-order valence-electron chi connectivity index (χ1n) is 5.57. The predicted octanol–water partition coefficient (Wildman–Crippen LogP) is 1.90. The van der Waals surface area contributed by atoms with Crippen molar-refractivity contribution >= 4 is 17.5 Å². The second-order valence-corrected chi connectivity index (χ2v) is 4.33. The second kappa shape index (κ2) is 6.47. The van der Waals surface area contributed by atoms with Crippen LogP contribution in [0.5, 0.6) is 5.75 Å². The first-order chi connectivity index (χ1) is 8.04. The Balaban J connectivity index is 2.61. The topological polar surface area (TPSA) is 75.3 Å². The molecule has 1 unspecified atom stereocenters. The lowest BCUT2D eigenvalue weighted by atomic mass is 10.1. The first kappa shape index (κ1) is 13.8. The molecule has 1 aromatic carbocycles. The van der Waals surface area contributed by atoms with Crippen LogP contribution in [0.2, 0.25) is 5.02 Å². The molecule has 1 rings (SSSR count). The molecule has 0 fully saturated rings. The van der Waals surface area contributed by atoms with E-state index in [2.05, 4.69) is 5.32 Å². The minimum Gasteiger partial charge on any atom is -0.508 e. The molecule has 0 aliphatic heterocycles. The molecule has 0 aliphatic rings. The number of benzene rings is 1. The summed E-state index contributed by atoms with van der Waals surface area (Å²) < 4.78 is 0. The van der Waals surface area contributed by atoms with Gasteiger partial charge in [0.25, 0.3) is 5.91 Å². The van der Waals surface area contributed by atoms with Gasteiger partial charge in [-0.25, -0.2) is 0 Å². The van der Waals surface area contributed by atoms with Crippen LogP contribution in [0.4, 0.5) is 0 Å². The van der Waals surface area contributed by atoms with E-state index in [1.54, 1.807) is 0 Å². The van der Waals surface area contributed by atoms with Gasteiger partial charge in [-0.3, -0.25) is 4.79 Å². The number of hydrogen-bond donors (Lipinski definition) is 3. The van der Waals surface area contributed by atoms with E-state index in [0.717, 1.165) is 12.8 Å². The number of aromatic hydroxyl groups is 1. The van der Waals surface area contributed by atoms with Gasteiger partial charge in [0.2, 0.25) is 0 Å². The normalized spacial score (nSPS) is 12.2. The van der Waals surface area contributed by atoms with Gasteiger partial charge in [-0.15, -0.1) is 0 Å². The van der Waals surface area contributed by atoms with E-state index in [-0.39, 0.29) is 23.3 Å². The highest BCUT2D eigenvalue weighted by Gasteiger charge is 2.12. The van der Waals surface area contributed by atoms with Crippen LogP contribution in [0.3, 0.4) is 0 Å². The Morgan fingerprint density at radius 3 is 2.94 bits per heavy atom. The molecule has 0 radical (unpaired) electrons. The van der Waals surface area contributed by atoms with E-state index in [1.807, 2.05) is 6.92 Å². The second-order valence-electron chi connectivity index (χ2n) is 3.92. The van der Waals surface area contributed by atoms with Gasteiger partial charge in [0.1, 0.15) is 5.75 Å². The molecule has 1 atom stereocenters. The van der Waals surface area contributed by atoms with Crippen molar-refractivity contribution in [2.45, 2.75) is 25.8 Å². The third-order valence-corrected chi connectivity index (χ3v) is 2.71. The Labute approximate surface area is 106 Å². The molecule has 4 nitrogen and oxygen atoms in total. The number of phenolic OH excluding ortho intramolecular Hbond substituents is 1. The fourth-order valence-electron chi connectivity index (χ4n) is 1.48. The van der Waals surface area contributed by atoms with Crippen molar-refractivity contribution in [3.63, 3.8) is 0 Å². The summed E-state index contributed by atoms with van der Waals surface area (Å²) in [7, 11) is 0. The molecule has 94 valence electrons. The quantitative estimate of drug-likeness (QED) is 0.753. The highest BCUT2D eigenvalue weighted by molar-refractivity contribution is 6.33. The van der Waals surface area contributed by atoms with E-state index in [9.17, 15) is 9.90 Å². The number of halogens is 1. The molecule has 4 N–H and O–H groups in total. The summed E-state index contributed by atoms with van der Waals surface area (Å²) in [5.41, 5.74) is 6.04. The Bertz CT molecular complexity index is 396. The molecular weight excluding hydrogens is 240 g/mol. The summed E-state index contributed by atoms with van der Waals surface area (Å²) in [6, 6.07) is 4.20. The smallest absolute Gasteiger partial charge is 0.252 e. The Hall–Kier alpha value is -1.26. The Morgan fingerprint density at radius 1 is 1.59 bits per heavy atom. The number of hydrogen-bond acceptors (Lipinski definition) is 3. The lowest BCUT2D eigenvalue weighted by Crippen LogP contribution is -2.37. The van der Waals surface area contributed by atoms with E-state index in [4.69, 9.17) is 17.3 Å². The summed E-state index contributed by atoms with van der Waals surface area (Å²) in [4.78, 5) is 11.8. The summed E-state index contributed by atoms with van der Waals surface area (Å²) in [5, 5.41) is 12.3. The van der Waals surface area contributed by atoms with E-state index >= 15 is 0 Å². The standard InChI is InChI=1S/C12H17ClN2O2/c1-2-3-8(14)7-15-12(17)10-6-9(16)4-5-11(10)13/h4-6,8,16H,2-3,7,14H2,1H3,(H,15,17). The fourth-order valence-corrected chi connectivity index (χ4v) is 1.68. The maximum absolute atomic E-state index is 11.8. The van der Waals surface area contributed by atoms with Gasteiger partial charge < -0.3 is 16.2 Å². The maximum Gasteiger partial charge on any atom is 0.252 e. The highest BCUT2D eigenvalue weighted by Crippen LogP contribution is 2.20. The molecule has 5 heteroatoms. The third kappa shape index (κ3) is 4.24. The SMILES string of the molecule is CCCC(N)CNC(=O)c1cc(O)ccc1Cl. The highest BCUT2D eigenvalue weighted by atomic mass is 35.5. The molecule has 0 aromatic heterocycles. The van der Waals surface area contributed by atoms with Crippen molar-refractivity contribution < 1.29 is 9.90 Å². The van der Waals surface area contributed by atoms with Crippen LogP contribution in [0, 0.1) is 0 Å². The molecule has 0 saturated carbocycles. The molecule has 0 saturated heterocycles. The van der Waals surface area contributed by atoms with Gasteiger partial charge in [-0.1, -0.05) is 24.9 Å². The summed E-state index contributed by atoms with van der Waals surface area (Å²) in [6.07, 6.45) is 1.83. The summed E-state index contributed by atoms with van der Waals surface area (Å²) >= 11 is 5.86. The number of nitrogens with two attached hydrogens (primary N) is 1. The van der Waals surface area contributed by atoms with Crippen LogP contribution in [-0.4, -0.2) is 23.6 Å². The van der Waals surface area contributed by atoms with Crippen LogP contribution >= 0.6 is 11.6 Å². The predicted molar refractivity (Wildman–Crippen MR) is 68.3 cm³/mol. The number of carbonyl (C=O) groups excluding carboxylic acids is 1. The average Bonchev–Trinajstić information content (AvgIpc) is 2.29.